The summed E-state index contributed by atoms with van der Waals surface area (Å²) < 4.78 is 5.56. The molecule has 19 heavy (non-hydrogen) atoms. The molecule has 0 radical (unpaired) electrons. The molecule has 2 atom stereocenters. The molecule has 2 unspecified atom stereocenters. The van der Waals surface area contributed by atoms with Gasteiger partial charge in [-0.15, -0.1) is 0 Å². The van der Waals surface area contributed by atoms with Crippen molar-refractivity contribution in [2.24, 2.45) is 0 Å². The Morgan fingerprint density at radius 2 is 2.16 bits per heavy atom. The fourth-order valence-electron chi connectivity index (χ4n) is 2.53. The molecule has 2 heterocycles. The zero-order valence-corrected chi connectivity index (χ0v) is 11.0. The van der Waals surface area contributed by atoms with Crippen molar-refractivity contribution in [2.75, 3.05) is 17.7 Å². The van der Waals surface area contributed by atoms with Gasteiger partial charge in [0.05, 0.1) is 11.6 Å². The minimum atomic E-state index is 0.289. The first-order valence-electron chi connectivity index (χ1n) is 6.63. The van der Waals surface area contributed by atoms with Crippen LogP contribution in [0.5, 0.6) is 0 Å². The van der Waals surface area contributed by atoms with Crippen molar-refractivity contribution >= 4 is 22.7 Å². The standard InChI is InChI=1S/C14H18N4O/c1-9-8-10(6-7-19-9)16-13-11-4-2-3-5-12(11)17-14(15)18-13/h2-5,9-10H,6-8H2,1H3,(H3,15,16,17,18). The Morgan fingerprint density at radius 1 is 1.32 bits per heavy atom. The molecular formula is C14H18N4O. The van der Waals surface area contributed by atoms with Gasteiger partial charge in [-0.1, -0.05) is 12.1 Å². The summed E-state index contributed by atoms with van der Waals surface area (Å²) in [5.74, 6) is 1.13. The van der Waals surface area contributed by atoms with E-state index in [-0.39, 0.29) is 6.10 Å². The minimum Gasteiger partial charge on any atom is -0.378 e. The van der Waals surface area contributed by atoms with Gasteiger partial charge in [-0.05, 0) is 31.9 Å². The molecule has 3 N–H and O–H groups in total. The van der Waals surface area contributed by atoms with Crippen molar-refractivity contribution in [1.29, 1.82) is 0 Å². The number of ether oxygens (including phenoxy) is 1. The SMILES string of the molecule is CC1CC(Nc2nc(N)nc3ccccc23)CCO1. The molecule has 0 spiro atoms. The third-order valence-corrected chi connectivity index (χ3v) is 3.45. The molecule has 1 saturated heterocycles. The summed E-state index contributed by atoms with van der Waals surface area (Å²) in [6, 6.07) is 8.28. The third kappa shape index (κ3) is 2.61. The number of nitrogen functional groups attached to an aromatic ring is 1. The lowest BCUT2D eigenvalue weighted by Crippen LogP contribution is -2.32. The average Bonchev–Trinajstić information content (AvgIpc) is 2.38. The van der Waals surface area contributed by atoms with E-state index < -0.39 is 0 Å². The third-order valence-electron chi connectivity index (χ3n) is 3.45. The molecule has 0 saturated carbocycles. The normalized spacial score (nSPS) is 23.4. The summed E-state index contributed by atoms with van der Waals surface area (Å²) in [4.78, 5) is 8.58. The Bertz CT molecular complexity index is 587. The van der Waals surface area contributed by atoms with Crippen LogP contribution in [0.4, 0.5) is 11.8 Å². The number of hydrogen-bond acceptors (Lipinski definition) is 5. The number of rotatable bonds is 2. The molecule has 5 heteroatoms. The molecule has 1 aromatic carbocycles. The molecule has 2 aromatic rings. The highest BCUT2D eigenvalue weighted by molar-refractivity contribution is 5.89. The predicted molar refractivity (Wildman–Crippen MR) is 76.0 cm³/mol. The van der Waals surface area contributed by atoms with Gasteiger partial charge in [-0.3, -0.25) is 0 Å². The molecule has 1 aromatic heterocycles. The van der Waals surface area contributed by atoms with Gasteiger partial charge in [-0.25, -0.2) is 4.98 Å². The fourth-order valence-corrected chi connectivity index (χ4v) is 2.53. The first-order valence-corrected chi connectivity index (χ1v) is 6.63. The highest BCUT2D eigenvalue weighted by atomic mass is 16.5. The van der Waals surface area contributed by atoms with Crippen molar-refractivity contribution in [3.05, 3.63) is 24.3 Å². The van der Waals surface area contributed by atoms with Crippen LogP contribution < -0.4 is 11.1 Å². The highest BCUT2D eigenvalue weighted by Gasteiger charge is 2.20. The quantitative estimate of drug-likeness (QED) is 0.863. The zero-order valence-electron chi connectivity index (χ0n) is 11.0. The van der Waals surface area contributed by atoms with Crippen molar-refractivity contribution in [1.82, 2.24) is 9.97 Å². The topological polar surface area (TPSA) is 73.1 Å². The number of nitrogens with zero attached hydrogens (tertiary/aromatic N) is 2. The molecule has 3 rings (SSSR count). The van der Waals surface area contributed by atoms with Gasteiger partial charge in [0.25, 0.3) is 0 Å². The number of para-hydroxylation sites is 1. The van der Waals surface area contributed by atoms with Crippen LogP contribution in [0.3, 0.4) is 0 Å². The van der Waals surface area contributed by atoms with Gasteiger partial charge in [0, 0.05) is 18.0 Å². The lowest BCUT2D eigenvalue weighted by molar-refractivity contribution is 0.0232. The lowest BCUT2D eigenvalue weighted by atomic mass is 10.0. The molecule has 1 aliphatic rings. The van der Waals surface area contributed by atoms with Crippen molar-refractivity contribution in [3.8, 4) is 0 Å². The average molecular weight is 258 g/mol. The smallest absolute Gasteiger partial charge is 0.222 e. The zero-order chi connectivity index (χ0) is 13.2. The van der Waals surface area contributed by atoms with Crippen molar-refractivity contribution in [3.63, 3.8) is 0 Å². The predicted octanol–water partition coefficient (Wildman–Crippen LogP) is 2.19. The maximum atomic E-state index is 5.77. The van der Waals surface area contributed by atoms with Crippen LogP contribution in [0, 0.1) is 0 Å². The number of anilines is 2. The van der Waals surface area contributed by atoms with E-state index in [2.05, 4.69) is 22.2 Å². The van der Waals surface area contributed by atoms with Crippen LogP contribution in [0.25, 0.3) is 10.9 Å². The van der Waals surface area contributed by atoms with Crippen LogP contribution in [0.1, 0.15) is 19.8 Å². The Labute approximate surface area is 112 Å². The molecule has 100 valence electrons. The highest BCUT2D eigenvalue weighted by Crippen LogP contribution is 2.24. The second-order valence-corrected chi connectivity index (χ2v) is 4.99. The molecule has 0 amide bonds. The van der Waals surface area contributed by atoms with Gasteiger partial charge < -0.3 is 15.8 Å². The van der Waals surface area contributed by atoms with Gasteiger partial charge in [-0.2, -0.15) is 4.98 Å². The number of aromatic nitrogens is 2. The van der Waals surface area contributed by atoms with E-state index >= 15 is 0 Å². The Kier molecular flexibility index (Phi) is 3.21. The lowest BCUT2D eigenvalue weighted by Gasteiger charge is -2.28. The van der Waals surface area contributed by atoms with Gasteiger partial charge in [0.2, 0.25) is 5.95 Å². The number of benzene rings is 1. The van der Waals surface area contributed by atoms with Gasteiger partial charge in [0.1, 0.15) is 5.82 Å². The van der Waals surface area contributed by atoms with Crippen LogP contribution in [0.2, 0.25) is 0 Å². The second kappa shape index (κ2) is 5.01. The molecule has 1 aliphatic heterocycles. The molecule has 0 aliphatic carbocycles. The first kappa shape index (κ1) is 12.2. The van der Waals surface area contributed by atoms with Crippen LogP contribution in [-0.2, 0) is 4.74 Å². The van der Waals surface area contributed by atoms with E-state index in [1.54, 1.807) is 0 Å². The van der Waals surface area contributed by atoms with Crippen LogP contribution >= 0.6 is 0 Å². The first-order chi connectivity index (χ1) is 9.22. The van der Waals surface area contributed by atoms with Crippen molar-refractivity contribution in [2.45, 2.75) is 31.9 Å². The summed E-state index contributed by atoms with van der Waals surface area (Å²) in [6.45, 7) is 2.89. The molecule has 0 bridgehead atoms. The maximum Gasteiger partial charge on any atom is 0.222 e. The largest absolute Gasteiger partial charge is 0.378 e. The van der Waals surface area contributed by atoms with E-state index in [4.69, 9.17) is 10.5 Å². The van der Waals surface area contributed by atoms with Crippen LogP contribution in [0.15, 0.2) is 24.3 Å². The number of hydrogen-bond donors (Lipinski definition) is 2. The van der Waals surface area contributed by atoms with E-state index in [1.807, 2.05) is 24.3 Å². The van der Waals surface area contributed by atoms with Gasteiger partial charge >= 0.3 is 0 Å². The van der Waals surface area contributed by atoms with E-state index in [0.717, 1.165) is 36.2 Å². The summed E-state index contributed by atoms with van der Waals surface area (Å²) in [5, 5.41) is 4.49. The maximum absolute atomic E-state index is 5.77. The van der Waals surface area contributed by atoms with E-state index in [1.165, 1.54) is 0 Å². The number of nitrogens with one attached hydrogen (secondary N) is 1. The Hall–Kier alpha value is -1.88. The number of fused-ring (bicyclic) bond motifs is 1. The van der Waals surface area contributed by atoms with Crippen molar-refractivity contribution < 1.29 is 4.74 Å². The monoisotopic (exact) mass is 258 g/mol. The van der Waals surface area contributed by atoms with Gasteiger partial charge in [0.15, 0.2) is 0 Å². The summed E-state index contributed by atoms with van der Waals surface area (Å²) in [5.41, 5.74) is 6.64. The second-order valence-electron chi connectivity index (χ2n) is 4.99. The molecule has 1 fully saturated rings. The van der Waals surface area contributed by atoms with E-state index in [0.29, 0.717) is 12.0 Å². The summed E-state index contributed by atoms with van der Waals surface area (Å²) >= 11 is 0. The molecule has 5 nitrogen and oxygen atoms in total. The Morgan fingerprint density at radius 3 is 3.00 bits per heavy atom. The Balaban J connectivity index is 1.91. The fraction of sp³-hybridized carbons (Fsp3) is 0.429. The van der Waals surface area contributed by atoms with Crippen LogP contribution in [-0.4, -0.2) is 28.7 Å². The summed E-state index contributed by atoms with van der Waals surface area (Å²) in [6.07, 6.45) is 2.26. The van der Waals surface area contributed by atoms with E-state index in [9.17, 15) is 0 Å². The number of nitrogens with two attached hydrogens (primary N) is 1. The minimum absolute atomic E-state index is 0.289. The summed E-state index contributed by atoms with van der Waals surface area (Å²) in [7, 11) is 0. The molecular weight excluding hydrogens is 240 g/mol.